The third-order valence-corrected chi connectivity index (χ3v) is 5.05. The second-order valence-corrected chi connectivity index (χ2v) is 7.62. The molecule has 0 atom stereocenters. The minimum atomic E-state index is -2.46. The van der Waals surface area contributed by atoms with Crippen LogP contribution in [0.3, 0.4) is 0 Å². The molecule has 0 spiro atoms. The Morgan fingerprint density at radius 1 is 0.824 bits per heavy atom. The van der Waals surface area contributed by atoms with Crippen molar-refractivity contribution in [2.24, 2.45) is 0 Å². The van der Waals surface area contributed by atoms with Crippen molar-refractivity contribution in [3.05, 3.63) is 33.4 Å². The van der Waals surface area contributed by atoms with Gasteiger partial charge in [0.2, 0.25) is 25.5 Å². The summed E-state index contributed by atoms with van der Waals surface area (Å²) in [6, 6.07) is 0. The zero-order valence-electron chi connectivity index (χ0n) is 17.5. The van der Waals surface area contributed by atoms with Gasteiger partial charge in [0, 0.05) is 17.7 Å². The van der Waals surface area contributed by atoms with E-state index in [1.807, 2.05) is 0 Å². The average molecular weight is 495 g/mol. The summed E-state index contributed by atoms with van der Waals surface area (Å²) < 4.78 is 35.2. The van der Waals surface area contributed by atoms with Gasteiger partial charge in [-0.15, -0.1) is 0 Å². The Labute approximate surface area is 190 Å². The lowest BCUT2D eigenvalue weighted by Gasteiger charge is -2.04. The van der Waals surface area contributed by atoms with Gasteiger partial charge in [-0.05, 0) is 0 Å². The molecule has 0 aromatic carbocycles. The lowest BCUT2D eigenvalue weighted by Crippen LogP contribution is -2.13. The molecule has 0 aliphatic heterocycles. The number of imidazole rings is 2. The van der Waals surface area contributed by atoms with Gasteiger partial charge in [-0.25, -0.2) is 9.97 Å². The molecule has 0 amide bonds. The molecule has 0 saturated carbocycles. The fourth-order valence-corrected chi connectivity index (χ4v) is 3.31. The number of aromatic amines is 2. The number of rotatable bonds is 12. The third kappa shape index (κ3) is 5.41. The van der Waals surface area contributed by atoms with Crippen molar-refractivity contribution >= 4 is 42.5 Å². The maximum atomic E-state index is 11.7. The Bertz CT molecular complexity index is 1320. The first-order chi connectivity index (χ1) is 16.4. The van der Waals surface area contributed by atoms with Gasteiger partial charge >= 0.3 is 8.25 Å². The predicted molar refractivity (Wildman–Crippen MR) is 117 cm³/mol. The molecule has 0 radical (unpaired) electrons. The number of aromatic nitrogens is 8. The molecule has 18 heteroatoms. The molecule has 0 aliphatic rings. The SMILES string of the molecule is Nc1nc2c(ncn2CCOCO[P+](=O)OCOCCn2cnc3c(=O)[nH]c(N)nc32)c(=O)[nH]1. The van der Waals surface area contributed by atoms with E-state index in [0.717, 1.165) is 0 Å². The molecule has 180 valence electrons. The van der Waals surface area contributed by atoms with E-state index in [0.29, 0.717) is 24.4 Å². The Morgan fingerprint density at radius 3 is 1.71 bits per heavy atom. The first kappa shape index (κ1) is 23.4. The average Bonchev–Trinajstić information content (AvgIpc) is 3.38. The molecular formula is C16H20N10O7P+. The first-order valence-electron chi connectivity index (χ1n) is 9.72. The Balaban J connectivity index is 1.11. The van der Waals surface area contributed by atoms with E-state index in [-0.39, 0.29) is 49.7 Å². The maximum Gasteiger partial charge on any atom is 0.702 e. The smallest absolute Gasteiger partial charge is 0.369 e. The molecule has 4 aromatic heterocycles. The van der Waals surface area contributed by atoms with Gasteiger partial charge < -0.3 is 30.1 Å². The highest BCUT2D eigenvalue weighted by Crippen LogP contribution is 2.23. The summed E-state index contributed by atoms with van der Waals surface area (Å²) in [5.41, 5.74) is 11.2. The number of H-pyrrole nitrogens is 2. The topological polar surface area (TPSA) is 233 Å². The number of nitrogen functional groups attached to an aromatic ring is 2. The molecule has 0 fully saturated rings. The summed E-state index contributed by atoms with van der Waals surface area (Å²) in [4.78, 5) is 44.2. The highest BCUT2D eigenvalue weighted by atomic mass is 31.1. The Morgan fingerprint density at radius 2 is 1.26 bits per heavy atom. The Hall–Kier alpha value is -3.76. The second kappa shape index (κ2) is 10.4. The van der Waals surface area contributed by atoms with Crippen molar-refractivity contribution in [3.8, 4) is 0 Å². The van der Waals surface area contributed by atoms with E-state index in [4.69, 9.17) is 30.0 Å². The maximum absolute atomic E-state index is 11.7. The molecule has 0 saturated heterocycles. The van der Waals surface area contributed by atoms with Crippen molar-refractivity contribution in [1.29, 1.82) is 0 Å². The van der Waals surface area contributed by atoms with Gasteiger partial charge in [-0.1, -0.05) is 9.05 Å². The predicted octanol–water partition coefficient (Wildman–Crippen LogP) is -0.944. The lowest BCUT2D eigenvalue weighted by atomic mass is 10.5. The van der Waals surface area contributed by atoms with Crippen molar-refractivity contribution < 1.29 is 23.1 Å². The van der Waals surface area contributed by atoms with Crippen LogP contribution in [0.25, 0.3) is 22.3 Å². The molecular weight excluding hydrogens is 475 g/mol. The minimum absolute atomic E-state index is 0.0187. The molecule has 4 heterocycles. The van der Waals surface area contributed by atoms with E-state index >= 15 is 0 Å². The van der Waals surface area contributed by atoms with Crippen LogP contribution in [-0.4, -0.2) is 65.8 Å². The monoisotopic (exact) mass is 495 g/mol. The van der Waals surface area contributed by atoms with Crippen molar-refractivity contribution in [2.75, 3.05) is 38.3 Å². The molecule has 0 aliphatic carbocycles. The van der Waals surface area contributed by atoms with Crippen LogP contribution in [0.1, 0.15) is 0 Å². The third-order valence-electron chi connectivity index (χ3n) is 4.42. The fraction of sp³-hybridized carbons (Fsp3) is 0.375. The summed E-state index contributed by atoms with van der Waals surface area (Å²) in [5, 5.41) is 0. The van der Waals surface area contributed by atoms with Crippen molar-refractivity contribution in [1.82, 2.24) is 39.0 Å². The van der Waals surface area contributed by atoms with Crippen LogP contribution >= 0.6 is 8.25 Å². The van der Waals surface area contributed by atoms with Gasteiger partial charge in [-0.3, -0.25) is 19.6 Å². The minimum Gasteiger partial charge on any atom is -0.369 e. The molecule has 4 rings (SSSR count). The van der Waals surface area contributed by atoms with Gasteiger partial charge in [0.25, 0.3) is 11.1 Å². The number of nitrogens with zero attached hydrogens (tertiary/aromatic N) is 6. The zero-order valence-corrected chi connectivity index (χ0v) is 18.4. The van der Waals surface area contributed by atoms with E-state index in [9.17, 15) is 14.2 Å². The number of nitrogens with two attached hydrogens (primary N) is 2. The molecule has 0 bridgehead atoms. The molecule has 6 N–H and O–H groups in total. The van der Waals surface area contributed by atoms with Gasteiger partial charge in [0.1, 0.15) is 0 Å². The number of fused-ring (bicyclic) bond motifs is 2. The van der Waals surface area contributed by atoms with E-state index in [1.54, 1.807) is 9.13 Å². The molecule has 0 unspecified atom stereocenters. The standard InChI is InChI=1S/C16H19N10O7P/c17-15-21-11-9(13(27)23-15)19-5-25(11)1-3-30-7-32-34(29)33-8-31-4-2-26-6-20-10-12(26)22-16(18)24-14(10)28/h5-6H,1-4,7-8H2,(H5-,17,18,21,22,23,24,27,28)/p+1. The van der Waals surface area contributed by atoms with Gasteiger partial charge in [0.05, 0.1) is 25.9 Å². The summed E-state index contributed by atoms with van der Waals surface area (Å²) in [5.74, 6) is -0.0373. The number of nitrogens with one attached hydrogen (secondary N) is 2. The van der Waals surface area contributed by atoms with Crippen molar-refractivity contribution in [3.63, 3.8) is 0 Å². The van der Waals surface area contributed by atoms with Crippen LogP contribution in [0.15, 0.2) is 22.2 Å². The summed E-state index contributed by atoms with van der Waals surface area (Å²) in [6.07, 6.45) is 2.88. The van der Waals surface area contributed by atoms with Crippen LogP contribution < -0.4 is 22.6 Å². The second-order valence-electron chi connectivity index (χ2n) is 6.66. The lowest BCUT2D eigenvalue weighted by molar-refractivity contribution is -0.0205. The van der Waals surface area contributed by atoms with Crippen LogP contribution in [0.2, 0.25) is 0 Å². The van der Waals surface area contributed by atoms with Crippen LogP contribution in [-0.2, 0) is 36.2 Å². The summed E-state index contributed by atoms with van der Waals surface area (Å²) in [7, 11) is -2.46. The zero-order chi connectivity index (χ0) is 24.1. The largest absolute Gasteiger partial charge is 0.702 e. The van der Waals surface area contributed by atoms with Crippen LogP contribution in [0.4, 0.5) is 11.9 Å². The molecule has 34 heavy (non-hydrogen) atoms. The quantitative estimate of drug-likeness (QED) is 0.106. The summed E-state index contributed by atoms with van der Waals surface area (Å²) >= 11 is 0. The highest BCUT2D eigenvalue weighted by molar-refractivity contribution is 7.33. The number of hydrogen-bond acceptors (Lipinski definition) is 13. The number of hydrogen-bond donors (Lipinski definition) is 4. The summed E-state index contributed by atoms with van der Waals surface area (Å²) in [6.45, 7) is 0.373. The number of ether oxygens (including phenoxy) is 2. The van der Waals surface area contributed by atoms with E-state index < -0.39 is 19.4 Å². The first-order valence-corrected chi connectivity index (χ1v) is 10.8. The van der Waals surface area contributed by atoms with Gasteiger partial charge in [-0.2, -0.15) is 9.97 Å². The molecule has 4 aromatic rings. The van der Waals surface area contributed by atoms with Gasteiger partial charge in [0.15, 0.2) is 22.3 Å². The van der Waals surface area contributed by atoms with E-state index in [1.165, 1.54) is 12.7 Å². The highest BCUT2D eigenvalue weighted by Gasteiger charge is 2.20. The van der Waals surface area contributed by atoms with E-state index in [2.05, 4.69) is 29.9 Å². The van der Waals surface area contributed by atoms with Crippen molar-refractivity contribution in [2.45, 2.75) is 13.1 Å². The molecule has 17 nitrogen and oxygen atoms in total. The van der Waals surface area contributed by atoms with Crippen LogP contribution in [0.5, 0.6) is 0 Å². The Kier molecular flexibility index (Phi) is 7.19. The fourth-order valence-electron chi connectivity index (χ4n) is 2.91. The normalized spacial score (nSPS) is 11.5. The van der Waals surface area contributed by atoms with Crippen LogP contribution in [0, 0.1) is 0 Å². The number of anilines is 2.